The topological polar surface area (TPSA) is 34.9 Å². The molecule has 1 rings (SSSR count). The van der Waals surface area contributed by atoms with E-state index in [1.54, 1.807) is 0 Å². The van der Waals surface area contributed by atoms with Crippen LogP contribution in [-0.4, -0.2) is 15.8 Å². The minimum Gasteiger partial charge on any atom is -0.334 e. The lowest BCUT2D eigenvalue weighted by atomic mass is 10.2. The van der Waals surface area contributed by atoms with Gasteiger partial charge < -0.3 is 4.57 Å². The Hall–Kier alpha value is -1.12. The molecule has 0 N–H and O–H groups in total. The lowest BCUT2D eigenvalue weighted by Crippen LogP contribution is -2.02. The van der Waals surface area contributed by atoms with E-state index >= 15 is 0 Å². The average molecular weight is 194 g/mol. The summed E-state index contributed by atoms with van der Waals surface area (Å²) in [6.07, 6.45) is 7.02. The van der Waals surface area contributed by atoms with Gasteiger partial charge in [0.1, 0.15) is 11.5 Å². The predicted octanol–water partition coefficient (Wildman–Crippen LogP) is 2.45. The molecule has 0 fully saturated rings. The molecule has 78 valence electrons. The second-order valence-electron chi connectivity index (χ2n) is 3.50. The molecule has 1 aromatic rings. The SMILES string of the molecule is CCCCc1nc(C=O)cn1CCC. The van der Waals surface area contributed by atoms with Crippen molar-refractivity contribution in [3.8, 4) is 0 Å². The van der Waals surface area contributed by atoms with E-state index in [4.69, 9.17) is 0 Å². The molecule has 0 aliphatic carbocycles. The van der Waals surface area contributed by atoms with Crippen LogP contribution in [0.4, 0.5) is 0 Å². The maximum absolute atomic E-state index is 10.6. The first-order valence-electron chi connectivity index (χ1n) is 5.33. The largest absolute Gasteiger partial charge is 0.334 e. The van der Waals surface area contributed by atoms with E-state index in [0.717, 1.165) is 44.3 Å². The van der Waals surface area contributed by atoms with Crippen LogP contribution in [0.3, 0.4) is 0 Å². The number of aromatic nitrogens is 2. The molecule has 14 heavy (non-hydrogen) atoms. The van der Waals surface area contributed by atoms with E-state index in [-0.39, 0.29) is 0 Å². The molecule has 0 bridgehead atoms. The number of aldehydes is 1. The van der Waals surface area contributed by atoms with Crippen molar-refractivity contribution in [1.29, 1.82) is 0 Å². The molecule has 0 aromatic carbocycles. The van der Waals surface area contributed by atoms with Crippen LogP contribution in [0.15, 0.2) is 6.20 Å². The van der Waals surface area contributed by atoms with Crippen molar-refractivity contribution in [3.63, 3.8) is 0 Å². The monoisotopic (exact) mass is 194 g/mol. The molecular weight excluding hydrogens is 176 g/mol. The second-order valence-corrected chi connectivity index (χ2v) is 3.50. The Morgan fingerprint density at radius 2 is 2.21 bits per heavy atom. The number of aryl methyl sites for hydroxylation is 2. The molecule has 0 saturated carbocycles. The van der Waals surface area contributed by atoms with Crippen LogP contribution in [0.5, 0.6) is 0 Å². The molecule has 0 aliphatic rings. The third-order valence-corrected chi connectivity index (χ3v) is 2.22. The fourth-order valence-electron chi connectivity index (χ4n) is 1.50. The van der Waals surface area contributed by atoms with Gasteiger partial charge in [-0.05, 0) is 12.8 Å². The molecule has 0 atom stereocenters. The fourth-order valence-corrected chi connectivity index (χ4v) is 1.50. The standard InChI is InChI=1S/C11H18N2O/c1-3-5-6-11-12-10(9-14)8-13(11)7-4-2/h8-9H,3-7H2,1-2H3. The Morgan fingerprint density at radius 1 is 1.43 bits per heavy atom. The van der Waals surface area contributed by atoms with Gasteiger partial charge in [-0.25, -0.2) is 4.98 Å². The lowest BCUT2D eigenvalue weighted by molar-refractivity contribution is 0.111. The summed E-state index contributed by atoms with van der Waals surface area (Å²) in [5, 5.41) is 0. The summed E-state index contributed by atoms with van der Waals surface area (Å²) in [4.78, 5) is 14.9. The van der Waals surface area contributed by atoms with E-state index in [0.29, 0.717) is 5.69 Å². The van der Waals surface area contributed by atoms with Crippen LogP contribution in [0.1, 0.15) is 49.4 Å². The van der Waals surface area contributed by atoms with E-state index in [9.17, 15) is 4.79 Å². The van der Waals surface area contributed by atoms with Gasteiger partial charge in [-0.15, -0.1) is 0 Å². The van der Waals surface area contributed by atoms with E-state index in [2.05, 4.69) is 23.4 Å². The van der Waals surface area contributed by atoms with Gasteiger partial charge in [-0.2, -0.15) is 0 Å². The van der Waals surface area contributed by atoms with Crippen molar-refractivity contribution in [2.45, 2.75) is 46.1 Å². The quantitative estimate of drug-likeness (QED) is 0.652. The summed E-state index contributed by atoms with van der Waals surface area (Å²) in [5.41, 5.74) is 0.560. The molecule has 3 nitrogen and oxygen atoms in total. The number of hydrogen-bond acceptors (Lipinski definition) is 2. The number of nitrogens with zero attached hydrogens (tertiary/aromatic N) is 2. The van der Waals surface area contributed by atoms with Crippen LogP contribution >= 0.6 is 0 Å². The lowest BCUT2D eigenvalue weighted by Gasteiger charge is -2.04. The summed E-state index contributed by atoms with van der Waals surface area (Å²) in [6, 6.07) is 0. The van der Waals surface area contributed by atoms with Gasteiger partial charge in [-0.3, -0.25) is 4.79 Å². The Bertz CT molecular complexity index is 291. The first-order chi connectivity index (χ1) is 6.81. The summed E-state index contributed by atoms with van der Waals surface area (Å²) < 4.78 is 2.10. The Labute approximate surface area is 85.2 Å². The number of hydrogen-bond donors (Lipinski definition) is 0. The fraction of sp³-hybridized carbons (Fsp3) is 0.636. The molecule has 1 aromatic heterocycles. The highest BCUT2D eigenvalue weighted by atomic mass is 16.1. The minimum absolute atomic E-state index is 0.560. The molecule has 0 spiro atoms. The summed E-state index contributed by atoms with van der Waals surface area (Å²) in [7, 11) is 0. The molecule has 0 aliphatic heterocycles. The van der Waals surface area contributed by atoms with Crippen molar-refractivity contribution >= 4 is 6.29 Å². The normalized spacial score (nSPS) is 10.4. The van der Waals surface area contributed by atoms with Crippen molar-refractivity contribution < 1.29 is 4.79 Å². The maximum atomic E-state index is 10.6. The molecule has 1 heterocycles. The molecule has 0 saturated heterocycles. The molecule has 0 unspecified atom stereocenters. The summed E-state index contributed by atoms with van der Waals surface area (Å²) in [6.45, 7) is 5.25. The van der Waals surface area contributed by atoms with Gasteiger partial charge in [0, 0.05) is 19.2 Å². The number of unbranched alkanes of at least 4 members (excludes halogenated alkanes) is 1. The van der Waals surface area contributed by atoms with Crippen LogP contribution in [-0.2, 0) is 13.0 Å². The van der Waals surface area contributed by atoms with Crippen molar-refractivity contribution in [1.82, 2.24) is 9.55 Å². The summed E-state index contributed by atoms with van der Waals surface area (Å²) in [5.74, 6) is 1.05. The van der Waals surface area contributed by atoms with E-state index < -0.39 is 0 Å². The minimum atomic E-state index is 0.560. The highest BCUT2D eigenvalue weighted by molar-refractivity contribution is 5.71. The zero-order valence-corrected chi connectivity index (χ0v) is 8.99. The highest BCUT2D eigenvalue weighted by Gasteiger charge is 2.05. The maximum Gasteiger partial charge on any atom is 0.170 e. The van der Waals surface area contributed by atoms with Crippen LogP contribution in [0.2, 0.25) is 0 Å². The Morgan fingerprint density at radius 3 is 2.79 bits per heavy atom. The zero-order chi connectivity index (χ0) is 10.4. The third-order valence-electron chi connectivity index (χ3n) is 2.22. The summed E-state index contributed by atoms with van der Waals surface area (Å²) >= 11 is 0. The number of imidazole rings is 1. The van der Waals surface area contributed by atoms with Crippen LogP contribution < -0.4 is 0 Å². The van der Waals surface area contributed by atoms with Crippen LogP contribution in [0.25, 0.3) is 0 Å². The molecule has 0 radical (unpaired) electrons. The number of carbonyl (C=O) groups is 1. The Balaban J connectivity index is 2.76. The van der Waals surface area contributed by atoms with E-state index in [1.807, 2.05) is 6.20 Å². The third kappa shape index (κ3) is 2.69. The van der Waals surface area contributed by atoms with Crippen LogP contribution in [0, 0.1) is 0 Å². The second kappa shape index (κ2) is 5.58. The van der Waals surface area contributed by atoms with Gasteiger partial charge in [0.25, 0.3) is 0 Å². The molecule has 0 amide bonds. The van der Waals surface area contributed by atoms with Crippen molar-refractivity contribution in [2.24, 2.45) is 0 Å². The number of rotatable bonds is 6. The smallest absolute Gasteiger partial charge is 0.170 e. The van der Waals surface area contributed by atoms with Crippen molar-refractivity contribution in [2.75, 3.05) is 0 Å². The van der Waals surface area contributed by atoms with Gasteiger partial charge in [0.05, 0.1) is 0 Å². The van der Waals surface area contributed by atoms with E-state index in [1.165, 1.54) is 0 Å². The molecule has 3 heteroatoms. The first-order valence-corrected chi connectivity index (χ1v) is 5.33. The van der Waals surface area contributed by atoms with Gasteiger partial charge in [-0.1, -0.05) is 20.3 Å². The number of carbonyl (C=O) groups excluding carboxylic acids is 1. The van der Waals surface area contributed by atoms with Gasteiger partial charge in [0.2, 0.25) is 0 Å². The zero-order valence-electron chi connectivity index (χ0n) is 8.99. The average Bonchev–Trinajstić information content (AvgIpc) is 2.58. The Kier molecular flexibility index (Phi) is 4.36. The van der Waals surface area contributed by atoms with Gasteiger partial charge >= 0.3 is 0 Å². The molecular formula is C11H18N2O. The highest BCUT2D eigenvalue weighted by Crippen LogP contribution is 2.07. The van der Waals surface area contributed by atoms with Gasteiger partial charge in [0.15, 0.2) is 6.29 Å². The first kappa shape index (κ1) is 11.0. The van der Waals surface area contributed by atoms with Crippen molar-refractivity contribution in [3.05, 3.63) is 17.7 Å². The predicted molar refractivity (Wildman–Crippen MR) is 56.5 cm³/mol.